The van der Waals surface area contributed by atoms with E-state index >= 15 is 0 Å². The van der Waals surface area contributed by atoms with Crippen LogP contribution in [-0.2, 0) is 19.4 Å². The summed E-state index contributed by atoms with van der Waals surface area (Å²) >= 11 is 0. The van der Waals surface area contributed by atoms with Gasteiger partial charge in [0.15, 0.2) is 9.84 Å². The van der Waals surface area contributed by atoms with Crippen molar-refractivity contribution in [3.8, 4) is 0 Å². The van der Waals surface area contributed by atoms with E-state index in [1.165, 1.54) is 0 Å². The van der Waals surface area contributed by atoms with E-state index in [1.807, 2.05) is 13.8 Å². The number of cyclic esters (lactones) is 1. The smallest absolute Gasteiger partial charge is 0.306 e. The van der Waals surface area contributed by atoms with Gasteiger partial charge in [-0.2, -0.15) is 0 Å². The molecule has 1 atom stereocenters. The molecular weight excluding hydrogens is 264 g/mol. The van der Waals surface area contributed by atoms with Gasteiger partial charge in [0.25, 0.3) is 0 Å². The maximum absolute atomic E-state index is 12.2. The Hall–Kier alpha value is -1.36. The third-order valence-corrected chi connectivity index (χ3v) is 5.01. The van der Waals surface area contributed by atoms with Crippen LogP contribution in [0, 0.1) is 5.41 Å². The Balaban J connectivity index is 2.15. The predicted octanol–water partition coefficient (Wildman–Crippen LogP) is 2.19. The van der Waals surface area contributed by atoms with Gasteiger partial charge in [-0.25, -0.2) is 8.42 Å². The molecule has 0 N–H and O–H groups in total. The molecule has 2 rings (SSSR count). The largest absolute Gasteiger partial charge is 0.461 e. The lowest BCUT2D eigenvalue weighted by Crippen LogP contribution is -2.38. The number of carbonyl (C=O) groups is 1. The summed E-state index contributed by atoms with van der Waals surface area (Å²) in [5.41, 5.74) is -0.202. The highest BCUT2D eigenvalue weighted by Crippen LogP contribution is 2.33. The zero-order chi connectivity index (χ0) is 14.1. The van der Waals surface area contributed by atoms with Crippen molar-refractivity contribution in [1.82, 2.24) is 0 Å². The fourth-order valence-electron chi connectivity index (χ4n) is 2.41. The summed E-state index contributed by atoms with van der Waals surface area (Å²) in [6.45, 7) is 3.91. The molecule has 1 heterocycles. The second-order valence-electron chi connectivity index (χ2n) is 5.75. The summed E-state index contributed by atoms with van der Waals surface area (Å²) in [5.74, 6) is -0.462. The molecular formula is C14H18O4S. The molecule has 1 aromatic rings. The summed E-state index contributed by atoms with van der Waals surface area (Å²) in [6, 6.07) is 8.26. The van der Waals surface area contributed by atoms with Crippen molar-refractivity contribution in [1.29, 1.82) is 0 Å². The molecule has 1 aliphatic rings. The standard InChI is InChI=1S/C14H18O4S/c1-14(2)8-11(18-13(15)9-14)10-19(16,17)12-6-4-3-5-7-12/h3-7,11H,8-10H2,1-2H3. The highest BCUT2D eigenvalue weighted by atomic mass is 32.2. The van der Waals surface area contributed by atoms with E-state index in [4.69, 9.17) is 4.74 Å². The van der Waals surface area contributed by atoms with Gasteiger partial charge in [-0.1, -0.05) is 32.0 Å². The fourth-order valence-corrected chi connectivity index (χ4v) is 3.85. The molecule has 19 heavy (non-hydrogen) atoms. The Morgan fingerprint density at radius 1 is 1.26 bits per heavy atom. The molecule has 0 bridgehead atoms. The van der Waals surface area contributed by atoms with Crippen LogP contribution < -0.4 is 0 Å². The second kappa shape index (κ2) is 4.96. The van der Waals surface area contributed by atoms with Crippen molar-refractivity contribution < 1.29 is 17.9 Å². The van der Waals surface area contributed by atoms with Crippen molar-refractivity contribution in [2.75, 3.05) is 5.75 Å². The van der Waals surface area contributed by atoms with Crippen LogP contribution in [0.5, 0.6) is 0 Å². The number of hydrogen-bond acceptors (Lipinski definition) is 4. The van der Waals surface area contributed by atoms with Crippen LogP contribution in [0.3, 0.4) is 0 Å². The summed E-state index contributed by atoms with van der Waals surface area (Å²) in [7, 11) is -3.41. The van der Waals surface area contributed by atoms with Crippen molar-refractivity contribution in [2.24, 2.45) is 5.41 Å². The van der Waals surface area contributed by atoms with Crippen LogP contribution in [0.4, 0.5) is 0 Å². The highest BCUT2D eigenvalue weighted by molar-refractivity contribution is 7.91. The van der Waals surface area contributed by atoms with Crippen molar-refractivity contribution in [3.05, 3.63) is 30.3 Å². The summed E-state index contributed by atoms with van der Waals surface area (Å²) < 4.78 is 29.6. The molecule has 1 aliphatic heterocycles. The monoisotopic (exact) mass is 282 g/mol. The van der Waals surface area contributed by atoms with Crippen LogP contribution in [0.15, 0.2) is 35.2 Å². The Morgan fingerprint density at radius 3 is 2.47 bits per heavy atom. The van der Waals surface area contributed by atoms with Gasteiger partial charge in [0, 0.05) is 0 Å². The molecule has 0 radical (unpaired) electrons. The minimum absolute atomic E-state index is 0.147. The topological polar surface area (TPSA) is 60.4 Å². The number of esters is 1. The lowest BCUT2D eigenvalue weighted by atomic mass is 9.82. The molecule has 0 aromatic heterocycles. The first-order chi connectivity index (χ1) is 8.78. The Kier molecular flexibility index (Phi) is 3.67. The first kappa shape index (κ1) is 14.1. The van der Waals surface area contributed by atoms with Gasteiger partial charge in [-0.3, -0.25) is 4.79 Å². The van der Waals surface area contributed by atoms with Gasteiger partial charge in [-0.05, 0) is 24.0 Å². The molecule has 4 nitrogen and oxygen atoms in total. The molecule has 1 fully saturated rings. The second-order valence-corrected chi connectivity index (χ2v) is 7.79. The zero-order valence-corrected chi connectivity index (χ0v) is 11.9. The molecule has 104 valence electrons. The van der Waals surface area contributed by atoms with E-state index in [1.54, 1.807) is 30.3 Å². The minimum atomic E-state index is -3.41. The van der Waals surface area contributed by atoms with Crippen LogP contribution in [0.2, 0.25) is 0 Å². The maximum atomic E-state index is 12.2. The average Bonchev–Trinajstić information content (AvgIpc) is 2.26. The number of carbonyl (C=O) groups excluding carboxylic acids is 1. The summed E-state index contributed by atoms with van der Waals surface area (Å²) in [5, 5.41) is 0. The molecule has 1 unspecified atom stereocenters. The normalized spacial score (nSPS) is 22.8. The molecule has 5 heteroatoms. The Labute approximate surface area is 113 Å². The van der Waals surface area contributed by atoms with Gasteiger partial charge in [0.05, 0.1) is 17.1 Å². The van der Waals surface area contributed by atoms with Gasteiger partial charge >= 0.3 is 5.97 Å². The van der Waals surface area contributed by atoms with E-state index < -0.39 is 15.9 Å². The van der Waals surface area contributed by atoms with E-state index in [9.17, 15) is 13.2 Å². The van der Waals surface area contributed by atoms with Crippen LogP contribution in [-0.4, -0.2) is 26.2 Å². The van der Waals surface area contributed by atoms with E-state index in [0.717, 1.165) is 0 Å². The molecule has 0 spiro atoms. The highest BCUT2D eigenvalue weighted by Gasteiger charge is 2.36. The van der Waals surface area contributed by atoms with E-state index in [2.05, 4.69) is 0 Å². The molecule has 1 aromatic carbocycles. The zero-order valence-electron chi connectivity index (χ0n) is 11.1. The molecule has 0 amide bonds. The van der Waals surface area contributed by atoms with E-state index in [-0.39, 0.29) is 22.0 Å². The predicted molar refractivity (Wildman–Crippen MR) is 71.4 cm³/mol. The quantitative estimate of drug-likeness (QED) is 0.797. The van der Waals surface area contributed by atoms with Crippen molar-refractivity contribution in [2.45, 2.75) is 37.7 Å². The Morgan fingerprint density at radius 2 is 1.89 bits per heavy atom. The van der Waals surface area contributed by atoms with Crippen molar-refractivity contribution in [3.63, 3.8) is 0 Å². The third kappa shape index (κ3) is 3.56. The first-order valence-corrected chi connectivity index (χ1v) is 7.91. The first-order valence-electron chi connectivity index (χ1n) is 6.26. The fraction of sp³-hybridized carbons (Fsp3) is 0.500. The van der Waals surface area contributed by atoms with Gasteiger partial charge in [-0.15, -0.1) is 0 Å². The molecule has 0 saturated carbocycles. The van der Waals surface area contributed by atoms with Crippen LogP contribution >= 0.6 is 0 Å². The van der Waals surface area contributed by atoms with Gasteiger partial charge in [0.2, 0.25) is 0 Å². The summed E-state index contributed by atoms with van der Waals surface area (Å²) in [6.07, 6.45) is 0.362. The number of ether oxygens (including phenoxy) is 1. The maximum Gasteiger partial charge on any atom is 0.306 e. The van der Waals surface area contributed by atoms with Crippen LogP contribution in [0.25, 0.3) is 0 Å². The van der Waals surface area contributed by atoms with Gasteiger partial charge < -0.3 is 4.74 Å². The Bertz CT molecular complexity index is 560. The lowest BCUT2D eigenvalue weighted by Gasteiger charge is -2.34. The van der Waals surface area contributed by atoms with Crippen molar-refractivity contribution >= 4 is 15.8 Å². The molecule has 0 aliphatic carbocycles. The SMILES string of the molecule is CC1(C)CC(=O)OC(CS(=O)(=O)c2ccccc2)C1. The number of rotatable bonds is 3. The third-order valence-electron chi connectivity index (χ3n) is 3.21. The average molecular weight is 282 g/mol. The van der Waals surface area contributed by atoms with E-state index in [0.29, 0.717) is 12.8 Å². The number of sulfone groups is 1. The van der Waals surface area contributed by atoms with Gasteiger partial charge in [0.1, 0.15) is 6.10 Å². The molecule has 1 saturated heterocycles. The number of benzene rings is 1. The summed E-state index contributed by atoms with van der Waals surface area (Å²) in [4.78, 5) is 11.8. The van der Waals surface area contributed by atoms with Crippen LogP contribution in [0.1, 0.15) is 26.7 Å². The minimum Gasteiger partial charge on any atom is -0.461 e. The number of hydrogen-bond donors (Lipinski definition) is 0. The lowest BCUT2D eigenvalue weighted by molar-refractivity contribution is -0.158.